The van der Waals surface area contributed by atoms with Crippen LogP contribution in [-0.2, 0) is 13.2 Å². The summed E-state index contributed by atoms with van der Waals surface area (Å²) >= 11 is 0. The fourth-order valence-electron chi connectivity index (χ4n) is 8.29. The van der Waals surface area contributed by atoms with Crippen LogP contribution in [0.2, 0.25) is 0 Å². The van der Waals surface area contributed by atoms with Crippen molar-refractivity contribution in [2.45, 2.75) is 71.1 Å². The molecule has 0 aromatic heterocycles. The molecule has 0 spiro atoms. The molecule has 4 aliphatic carbocycles. The Kier molecular flexibility index (Phi) is 4.66. The number of hydrogen-bond donors (Lipinski definition) is 1. The van der Waals surface area contributed by atoms with Crippen molar-refractivity contribution in [2.75, 3.05) is 0 Å². The molecule has 4 aliphatic rings. The van der Waals surface area contributed by atoms with E-state index < -0.39 is 0 Å². The van der Waals surface area contributed by atoms with Gasteiger partial charge in [0.1, 0.15) is 12.4 Å². The third-order valence-corrected chi connectivity index (χ3v) is 8.50. The molecule has 4 saturated carbocycles. The molecular weight excluding hydrogens is 390 g/mol. The molecule has 2 nitrogen and oxygen atoms in total. The Morgan fingerprint density at radius 3 is 2.28 bits per heavy atom. The van der Waals surface area contributed by atoms with E-state index in [1.54, 1.807) is 0 Å². The van der Waals surface area contributed by atoms with Crippen molar-refractivity contribution in [3.05, 3.63) is 77.9 Å². The van der Waals surface area contributed by atoms with E-state index in [0.717, 1.165) is 18.2 Å². The van der Waals surface area contributed by atoms with E-state index >= 15 is 0 Å². The maximum absolute atomic E-state index is 6.40. The lowest BCUT2D eigenvalue weighted by molar-refractivity contribution is -0.118. The third kappa shape index (κ3) is 3.63. The van der Waals surface area contributed by atoms with Crippen molar-refractivity contribution in [3.8, 4) is 5.75 Å². The summed E-state index contributed by atoms with van der Waals surface area (Å²) < 4.78 is 6.40. The van der Waals surface area contributed by atoms with Crippen molar-refractivity contribution in [2.24, 2.45) is 16.7 Å². The molecule has 0 saturated heterocycles. The van der Waals surface area contributed by atoms with Gasteiger partial charge in [-0.05, 0) is 77.7 Å². The van der Waals surface area contributed by atoms with Gasteiger partial charge in [0, 0.05) is 17.6 Å². The maximum Gasteiger partial charge on any atom is 0.124 e. The molecule has 2 heteroatoms. The van der Waals surface area contributed by atoms with Crippen molar-refractivity contribution in [1.82, 2.24) is 5.32 Å². The minimum atomic E-state index is 0.288. The van der Waals surface area contributed by atoms with Gasteiger partial charge in [0.2, 0.25) is 0 Å². The highest BCUT2D eigenvalue weighted by atomic mass is 16.5. The first kappa shape index (κ1) is 20.3. The van der Waals surface area contributed by atoms with Gasteiger partial charge in [-0.25, -0.2) is 0 Å². The van der Waals surface area contributed by atoms with Crippen LogP contribution in [-0.4, -0.2) is 5.54 Å². The molecule has 32 heavy (non-hydrogen) atoms. The van der Waals surface area contributed by atoms with Gasteiger partial charge >= 0.3 is 0 Å². The zero-order valence-corrected chi connectivity index (χ0v) is 19.5. The Morgan fingerprint density at radius 2 is 1.53 bits per heavy atom. The van der Waals surface area contributed by atoms with Gasteiger partial charge < -0.3 is 10.1 Å². The standard InChI is InChI=1S/C30H35NO/c1-28-14-23-15-29(2,19-28)21-30(16-23,20-28)31-17-26-25-11-7-6-10-24(25)12-13-27(26)32-18-22-8-4-3-5-9-22/h3-13,23,31H,14-21H2,1-2H3/t23?,28-,29+,30?. The molecule has 0 aliphatic heterocycles. The molecule has 4 atom stereocenters. The predicted molar refractivity (Wildman–Crippen MR) is 132 cm³/mol. The van der Waals surface area contributed by atoms with Crippen LogP contribution < -0.4 is 10.1 Å². The summed E-state index contributed by atoms with van der Waals surface area (Å²) in [5.41, 5.74) is 3.85. The summed E-state index contributed by atoms with van der Waals surface area (Å²) in [6.45, 7) is 6.59. The zero-order valence-electron chi connectivity index (χ0n) is 19.5. The van der Waals surface area contributed by atoms with Crippen LogP contribution in [0.1, 0.15) is 63.5 Å². The van der Waals surface area contributed by atoms with Crippen molar-refractivity contribution in [1.29, 1.82) is 0 Å². The lowest BCUT2D eigenvalue weighted by Gasteiger charge is -2.65. The van der Waals surface area contributed by atoms with Gasteiger partial charge in [-0.2, -0.15) is 0 Å². The van der Waals surface area contributed by atoms with E-state index in [1.807, 2.05) is 0 Å². The Labute approximate surface area is 192 Å². The molecule has 166 valence electrons. The van der Waals surface area contributed by atoms with E-state index in [9.17, 15) is 0 Å². The van der Waals surface area contributed by atoms with E-state index in [0.29, 0.717) is 17.4 Å². The number of rotatable bonds is 6. The molecule has 0 radical (unpaired) electrons. The van der Waals surface area contributed by atoms with Gasteiger partial charge in [0.05, 0.1) is 0 Å². The largest absolute Gasteiger partial charge is 0.489 e. The zero-order chi connectivity index (χ0) is 21.8. The first-order chi connectivity index (χ1) is 15.4. The molecule has 1 N–H and O–H groups in total. The second kappa shape index (κ2) is 7.35. The SMILES string of the molecule is C[C@]12CC3CC(NCc4c(OCc5ccccc5)ccc5ccccc45)(C1)C[C@@](C)(C3)C2. The van der Waals surface area contributed by atoms with E-state index in [2.05, 4.69) is 85.9 Å². The van der Waals surface area contributed by atoms with Crippen molar-refractivity contribution in [3.63, 3.8) is 0 Å². The highest BCUT2D eigenvalue weighted by Gasteiger charge is 2.59. The smallest absolute Gasteiger partial charge is 0.124 e. The number of benzene rings is 3. The summed E-state index contributed by atoms with van der Waals surface area (Å²) in [6, 6.07) is 23.6. The number of hydrogen-bond acceptors (Lipinski definition) is 2. The molecule has 4 bridgehead atoms. The molecule has 7 rings (SSSR count). The third-order valence-electron chi connectivity index (χ3n) is 8.50. The summed E-state index contributed by atoms with van der Waals surface area (Å²) in [5.74, 6) is 1.91. The quantitative estimate of drug-likeness (QED) is 0.449. The summed E-state index contributed by atoms with van der Waals surface area (Å²) in [7, 11) is 0. The predicted octanol–water partition coefficient (Wildman–Crippen LogP) is 7.26. The molecule has 4 fully saturated rings. The van der Waals surface area contributed by atoms with Gasteiger partial charge in [-0.3, -0.25) is 0 Å². The first-order valence-corrected chi connectivity index (χ1v) is 12.4. The Bertz CT molecular complexity index is 1120. The molecule has 3 aromatic carbocycles. The van der Waals surface area contributed by atoms with E-state index in [1.165, 1.54) is 60.4 Å². The van der Waals surface area contributed by atoms with Gasteiger partial charge in [0.25, 0.3) is 0 Å². The Hall–Kier alpha value is -2.32. The van der Waals surface area contributed by atoms with Gasteiger partial charge in [-0.1, -0.05) is 74.5 Å². The second-order valence-electron chi connectivity index (χ2n) is 11.8. The van der Waals surface area contributed by atoms with Crippen LogP contribution in [0.25, 0.3) is 10.8 Å². The Balaban J connectivity index is 1.30. The monoisotopic (exact) mass is 425 g/mol. The van der Waals surface area contributed by atoms with E-state index in [-0.39, 0.29) is 5.54 Å². The van der Waals surface area contributed by atoms with Gasteiger partial charge in [0.15, 0.2) is 0 Å². The highest BCUT2D eigenvalue weighted by molar-refractivity contribution is 5.87. The fraction of sp³-hybridized carbons (Fsp3) is 0.467. The normalized spacial score (nSPS) is 33.0. The minimum Gasteiger partial charge on any atom is -0.489 e. The van der Waals surface area contributed by atoms with Crippen LogP contribution >= 0.6 is 0 Å². The van der Waals surface area contributed by atoms with Crippen molar-refractivity contribution < 1.29 is 4.74 Å². The summed E-state index contributed by atoms with van der Waals surface area (Å²) in [6.07, 6.45) is 8.30. The average Bonchev–Trinajstić information content (AvgIpc) is 2.74. The van der Waals surface area contributed by atoms with Crippen LogP contribution in [0.15, 0.2) is 66.7 Å². The maximum atomic E-state index is 6.40. The van der Waals surface area contributed by atoms with Crippen molar-refractivity contribution >= 4 is 10.8 Å². The Morgan fingerprint density at radius 1 is 0.812 bits per heavy atom. The molecule has 0 amide bonds. The summed E-state index contributed by atoms with van der Waals surface area (Å²) in [4.78, 5) is 0. The topological polar surface area (TPSA) is 21.3 Å². The number of nitrogens with one attached hydrogen (secondary N) is 1. The van der Waals surface area contributed by atoms with Gasteiger partial charge in [-0.15, -0.1) is 0 Å². The molecular formula is C30H35NO. The molecule has 0 heterocycles. The van der Waals surface area contributed by atoms with Crippen LogP contribution in [0, 0.1) is 16.7 Å². The highest BCUT2D eigenvalue weighted by Crippen LogP contribution is 2.66. The lowest BCUT2D eigenvalue weighted by atomic mass is 9.43. The van der Waals surface area contributed by atoms with Crippen LogP contribution in [0.5, 0.6) is 5.75 Å². The van der Waals surface area contributed by atoms with Crippen LogP contribution in [0.4, 0.5) is 0 Å². The lowest BCUT2D eigenvalue weighted by Crippen LogP contribution is -2.63. The molecule has 3 aromatic rings. The number of ether oxygens (including phenoxy) is 1. The molecule has 2 unspecified atom stereocenters. The minimum absolute atomic E-state index is 0.288. The van der Waals surface area contributed by atoms with E-state index in [4.69, 9.17) is 4.74 Å². The average molecular weight is 426 g/mol. The summed E-state index contributed by atoms with van der Waals surface area (Å²) in [5, 5.41) is 6.75. The first-order valence-electron chi connectivity index (χ1n) is 12.4. The second-order valence-corrected chi connectivity index (χ2v) is 11.8. The fourth-order valence-corrected chi connectivity index (χ4v) is 8.29. The number of fused-ring (bicyclic) bond motifs is 1. The van der Waals surface area contributed by atoms with Crippen LogP contribution in [0.3, 0.4) is 0 Å².